The second-order valence-electron chi connectivity index (χ2n) is 5.48. The van der Waals surface area contributed by atoms with Crippen LogP contribution in [0.4, 0.5) is 4.79 Å². The summed E-state index contributed by atoms with van der Waals surface area (Å²) in [5.41, 5.74) is 0.0809. The summed E-state index contributed by atoms with van der Waals surface area (Å²) >= 11 is 1.42. The fraction of sp³-hybridized carbons (Fsp3) is 0.533. The van der Waals surface area contributed by atoms with Gasteiger partial charge in [0.1, 0.15) is 5.75 Å². The lowest BCUT2D eigenvalue weighted by Crippen LogP contribution is -2.36. The van der Waals surface area contributed by atoms with Gasteiger partial charge < -0.3 is 14.9 Å². The Labute approximate surface area is 129 Å². The highest BCUT2D eigenvalue weighted by atomic mass is 32.2. The number of benzene rings is 1. The van der Waals surface area contributed by atoms with E-state index in [1.165, 1.54) is 16.7 Å². The highest BCUT2D eigenvalue weighted by Gasteiger charge is 2.23. The van der Waals surface area contributed by atoms with Gasteiger partial charge in [-0.3, -0.25) is 4.90 Å². The maximum Gasteiger partial charge on any atom is 0.408 e. The van der Waals surface area contributed by atoms with Crippen LogP contribution in [-0.4, -0.2) is 45.0 Å². The molecule has 0 saturated heterocycles. The molecule has 0 radical (unpaired) electrons. The predicted octanol–water partition coefficient (Wildman–Crippen LogP) is 3.03. The minimum atomic E-state index is -0.971. The zero-order valence-electron chi connectivity index (χ0n) is 12.9. The van der Waals surface area contributed by atoms with Crippen LogP contribution in [0.3, 0.4) is 0 Å². The number of rotatable bonds is 7. The van der Waals surface area contributed by atoms with Crippen LogP contribution >= 0.6 is 11.8 Å². The fourth-order valence-corrected chi connectivity index (χ4v) is 2.69. The normalized spacial score (nSPS) is 12.8. The minimum Gasteiger partial charge on any atom is -0.497 e. The summed E-state index contributed by atoms with van der Waals surface area (Å²) < 4.78 is 5.08. The Hall–Kier alpha value is -1.40. The Bertz CT molecular complexity index is 456. The number of carboxylic acid groups (broad SMARTS) is 1. The number of hydrogen-bond acceptors (Lipinski definition) is 4. The second kappa shape index (κ2) is 7.56. The van der Waals surface area contributed by atoms with Crippen molar-refractivity contribution in [3.05, 3.63) is 29.8 Å². The number of nitrogens with zero attached hydrogens (tertiary/aromatic N) is 1. The molecule has 21 heavy (non-hydrogen) atoms. The highest BCUT2D eigenvalue weighted by molar-refractivity contribution is 7.99. The van der Waals surface area contributed by atoms with Crippen LogP contribution in [0.1, 0.15) is 26.3 Å². The summed E-state index contributed by atoms with van der Waals surface area (Å²) in [5.74, 6) is 1.21. The lowest BCUT2D eigenvalue weighted by molar-refractivity contribution is 0.106. The van der Waals surface area contributed by atoms with Crippen LogP contribution in [0, 0.1) is 0 Å². The van der Waals surface area contributed by atoms with Crippen molar-refractivity contribution in [2.24, 2.45) is 0 Å². The van der Waals surface area contributed by atoms with Gasteiger partial charge in [0.15, 0.2) is 0 Å². The summed E-state index contributed by atoms with van der Waals surface area (Å²) in [6.45, 7) is 5.55. The molecule has 0 unspecified atom stereocenters. The number of aliphatic hydroxyl groups is 1. The van der Waals surface area contributed by atoms with Crippen LogP contribution in [0.25, 0.3) is 0 Å². The Morgan fingerprint density at radius 2 is 1.95 bits per heavy atom. The standard InChI is InChI=1S/C15H23NO4S/c1-11(21-10-15(2,3)19)16(14(17)18)9-12-5-7-13(20-4)8-6-12/h5-8,11,19H,9-10H2,1-4H3,(H,17,18)/t11-/m1/s1. The van der Waals surface area contributed by atoms with Crippen LogP contribution < -0.4 is 4.74 Å². The Morgan fingerprint density at radius 3 is 2.38 bits per heavy atom. The molecule has 1 aromatic rings. The second-order valence-corrected chi connectivity index (χ2v) is 6.79. The van der Waals surface area contributed by atoms with Gasteiger partial charge in [-0.2, -0.15) is 0 Å². The highest BCUT2D eigenvalue weighted by Crippen LogP contribution is 2.23. The summed E-state index contributed by atoms with van der Waals surface area (Å²) in [5, 5.41) is 18.9. The van der Waals surface area contributed by atoms with Gasteiger partial charge in [-0.05, 0) is 38.5 Å². The van der Waals surface area contributed by atoms with Crippen molar-refractivity contribution in [3.63, 3.8) is 0 Å². The molecular formula is C15H23NO4S. The van der Waals surface area contributed by atoms with Gasteiger partial charge in [0, 0.05) is 5.75 Å². The van der Waals surface area contributed by atoms with Crippen LogP contribution in [0.15, 0.2) is 24.3 Å². The Kier molecular flexibility index (Phi) is 6.36. The summed E-state index contributed by atoms with van der Waals surface area (Å²) in [6.07, 6.45) is -0.971. The van der Waals surface area contributed by atoms with E-state index in [1.807, 2.05) is 31.2 Å². The lowest BCUT2D eigenvalue weighted by Gasteiger charge is -2.28. The first-order chi connectivity index (χ1) is 9.73. The third-order valence-corrected chi connectivity index (χ3v) is 4.48. The smallest absolute Gasteiger partial charge is 0.408 e. The Morgan fingerprint density at radius 1 is 1.38 bits per heavy atom. The molecule has 0 saturated carbocycles. The largest absolute Gasteiger partial charge is 0.497 e. The molecule has 0 spiro atoms. The maximum absolute atomic E-state index is 11.4. The molecular weight excluding hydrogens is 290 g/mol. The zero-order chi connectivity index (χ0) is 16.0. The number of thioether (sulfide) groups is 1. The van der Waals surface area contributed by atoms with Crippen molar-refractivity contribution in [2.45, 2.75) is 38.3 Å². The number of amides is 1. The quantitative estimate of drug-likeness (QED) is 0.757. The van der Waals surface area contributed by atoms with E-state index >= 15 is 0 Å². The summed E-state index contributed by atoms with van der Waals surface area (Å²) in [4.78, 5) is 12.8. The SMILES string of the molecule is COc1ccc(CN(C(=O)O)[C@@H](C)SCC(C)(C)O)cc1. The van der Waals surface area contributed by atoms with Crippen LogP contribution in [-0.2, 0) is 6.54 Å². The summed E-state index contributed by atoms with van der Waals surface area (Å²) in [6, 6.07) is 7.32. The molecule has 5 nitrogen and oxygen atoms in total. The van der Waals surface area contributed by atoms with Gasteiger partial charge >= 0.3 is 6.09 Å². The molecule has 1 aromatic carbocycles. The molecule has 1 rings (SSSR count). The molecule has 0 fully saturated rings. The lowest BCUT2D eigenvalue weighted by atomic mass is 10.2. The zero-order valence-corrected chi connectivity index (χ0v) is 13.7. The van der Waals surface area contributed by atoms with Crippen molar-refractivity contribution >= 4 is 17.9 Å². The molecule has 0 aliphatic rings. The van der Waals surface area contributed by atoms with E-state index in [4.69, 9.17) is 4.74 Å². The van der Waals surface area contributed by atoms with Crippen molar-refractivity contribution in [1.82, 2.24) is 4.90 Å². The number of methoxy groups -OCH3 is 1. The van der Waals surface area contributed by atoms with E-state index in [2.05, 4.69) is 0 Å². The summed E-state index contributed by atoms with van der Waals surface area (Å²) in [7, 11) is 1.59. The van der Waals surface area contributed by atoms with E-state index in [0.717, 1.165) is 11.3 Å². The number of hydrogen-bond donors (Lipinski definition) is 2. The van der Waals surface area contributed by atoms with E-state index in [1.54, 1.807) is 21.0 Å². The predicted molar refractivity (Wildman–Crippen MR) is 84.8 cm³/mol. The van der Waals surface area contributed by atoms with E-state index in [-0.39, 0.29) is 5.37 Å². The van der Waals surface area contributed by atoms with Gasteiger partial charge in [-0.25, -0.2) is 4.79 Å². The molecule has 0 aliphatic carbocycles. The molecule has 0 aromatic heterocycles. The third kappa shape index (κ3) is 6.27. The average Bonchev–Trinajstić information content (AvgIpc) is 2.41. The molecule has 118 valence electrons. The van der Waals surface area contributed by atoms with Gasteiger partial charge in [-0.15, -0.1) is 11.8 Å². The van der Waals surface area contributed by atoms with Crippen LogP contribution in [0.2, 0.25) is 0 Å². The van der Waals surface area contributed by atoms with Crippen molar-refractivity contribution in [3.8, 4) is 5.75 Å². The van der Waals surface area contributed by atoms with Gasteiger partial charge in [0.05, 0.1) is 24.6 Å². The first-order valence-electron chi connectivity index (χ1n) is 6.69. The third-order valence-electron chi connectivity index (χ3n) is 2.87. The molecule has 1 amide bonds. The monoisotopic (exact) mass is 313 g/mol. The van der Waals surface area contributed by atoms with E-state index in [0.29, 0.717) is 12.3 Å². The van der Waals surface area contributed by atoms with Gasteiger partial charge in [-0.1, -0.05) is 12.1 Å². The first-order valence-corrected chi connectivity index (χ1v) is 7.74. The van der Waals surface area contributed by atoms with E-state index in [9.17, 15) is 15.0 Å². The molecule has 2 N–H and O–H groups in total. The minimum absolute atomic E-state index is 0.240. The first kappa shape index (κ1) is 17.7. The van der Waals surface area contributed by atoms with Crippen molar-refractivity contribution in [1.29, 1.82) is 0 Å². The topological polar surface area (TPSA) is 70.0 Å². The fourth-order valence-electron chi connectivity index (χ4n) is 1.69. The molecule has 0 aliphatic heterocycles. The van der Waals surface area contributed by atoms with Crippen LogP contribution in [0.5, 0.6) is 5.75 Å². The van der Waals surface area contributed by atoms with Crippen molar-refractivity contribution in [2.75, 3.05) is 12.9 Å². The molecule has 6 heteroatoms. The Balaban J connectivity index is 2.70. The molecule has 0 heterocycles. The van der Waals surface area contributed by atoms with Gasteiger partial charge in [0.2, 0.25) is 0 Å². The van der Waals surface area contributed by atoms with E-state index < -0.39 is 11.7 Å². The number of ether oxygens (including phenoxy) is 1. The van der Waals surface area contributed by atoms with Gasteiger partial charge in [0.25, 0.3) is 0 Å². The molecule has 1 atom stereocenters. The van der Waals surface area contributed by atoms with Crippen molar-refractivity contribution < 1.29 is 19.7 Å². The maximum atomic E-state index is 11.4. The average molecular weight is 313 g/mol. The number of carbonyl (C=O) groups is 1. The molecule has 0 bridgehead atoms.